The van der Waals surface area contributed by atoms with Crippen molar-refractivity contribution in [2.24, 2.45) is 11.8 Å². The van der Waals surface area contributed by atoms with E-state index < -0.39 is 0 Å². The van der Waals surface area contributed by atoms with Gasteiger partial charge in [-0.2, -0.15) is 0 Å². The van der Waals surface area contributed by atoms with Gasteiger partial charge in [0.1, 0.15) is 5.82 Å². The second kappa shape index (κ2) is 4.71. The van der Waals surface area contributed by atoms with Crippen LogP contribution in [0.25, 0.3) is 0 Å². The maximum atomic E-state index is 6.15. The lowest BCUT2D eigenvalue weighted by Gasteiger charge is -2.55. The summed E-state index contributed by atoms with van der Waals surface area (Å²) >= 11 is 6.15. The fraction of sp³-hybridized carbons (Fsp3) is 0.643. The zero-order valence-corrected chi connectivity index (χ0v) is 11.7. The molecule has 1 aliphatic carbocycles. The van der Waals surface area contributed by atoms with Gasteiger partial charge in [-0.15, -0.1) is 0 Å². The van der Waals surface area contributed by atoms with Crippen molar-refractivity contribution in [2.75, 3.05) is 18.4 Å². The van der Waals surface area contributed by atoms with E-state index in [0.717, 1.165) is 22.7 Å². The average Bonchev–Trinajstić information content (AvgIpc) is 2.37. The van der Waals surface area contributed by atoms with Crippen LogP contribution in [0.3, 0.4) is 0 Å². The van der Waals surface area contributed by atoms with Crippen LogP contribution in [0.4, 0.5) is 5.82 Å². The van der Waals surface area contributed by atoms with E-state index in [0.29, 0.717) is 12.1 Å². The van der Waals surface area contributed by atoms with Crippen LogP contribution in [0.2, 0.25) is 5.02 Å². The third-order valence-corrected chi connectivity index (χ3v) is 4.66. The zero-order chi connectivity index (χ0) is 12.7. The van der Waals surface area contributed by atoms with Gasteiger partial charge in [0.05, 0.1) is 5.02 Å². The van der Waals surface area contributed by atoms with Crippen LogP contribution < -0.4 is 5.32 Å². The molecule has 1 aromatic rings. The Bertz CT molecular complexity index is 423. The number of anilines is 1. The quantitative estimate of drug-likeness (QED) is 0.911. The highest BCUT2D eigenvalue weighted by Gasteiger charge is 2.47. The minimum absolute atomic E-state index is 0.562. The fourth-order valence-corrected chi connectivity index (χ4v) is 3.41. The summed E-state index contributed by atoms with van der Waals surface area (Å²) < 4.78 is 0. The normalized spacial score (nSPS) is 31.2. The molecule has 1 N–H and O–H groups in total. The topological polar surface area (TPSA) is 28.2 Å². The van der Waals surface area contributed by atoms with E-state index in [9.17, 15) is 0 Å². The number of piperidine rings is 2. The Kier molecular flexibility index (Phi) is 3.20. The van der Waals surface area contributed by atoms with Crippen molar-refractivity contribution in [3.63, 3.8) is 0 Å². The Balaban J connectivity index is 1.66. The van der Waals surface area contributed by atoms with E-state index in [4.69, 9.17) is 11.6 Å². The maximum Gasteiger partial charge on any atom is 0.144 e. The average molecular weight is 266 g/mol. The Labute approximate surface area is 114 Å². The minimum Gasteiger partial charge on any atom is -0.365 e. The van der Waals surface area contributed by atoms with Gasteiger partial charge in [0.15, 0.2) is 0 Å². The van der Waals surface area contributed by atoms with Crippen molar-refractivity contribution in [3.05, 3.63) is 23.4 Å². The van der Waals surface area contributed by atoms with Crippen LogP contribution in [0.1, 0.15) is 20.3 Å². The summed E-state index contributed by atoms with van der Waals surface area (Å²) in [7, 11) is 0. The van der Waals surface area contributed by atoms with E-state index in [1.807, 2.05) is 12.1 Å². The molecular weight excluding hydrogens is 246 g/mol. The number of rotatable bonds is 3. The van der Waals surface area contributed by atoms with Crippen LogP contribution >= 0.6 is 11.6 Å². The van der Waals surface area contributed by atoms with Crippen LogP contribution in [0.15, 0.2) is 18.3 Å². The van der Waals surface area contributed by atoms with Gasteiger partial charge in [-0.3, -0.25) is 0 Å². The molecule has 4 heteroatoms. The molecule has 0 aromatic carbocycles. The molecule has 3 aliphatic rings. The molecule has 4 rings (SSSR count). The summed E-state index contributed by atoms with van der Waals surface area (Å²) in [6, 6.07) is 4.99. The highest BCUT2D eigenvalue weighted by molar-refractivity contribution is 6.32. The second-order valence-electron chi connectivity index (χ2n) is 5.81. The van der Waals surface area contributed by atoms with Crippen LogP contribution in [0.5, 0.6) is 0 Å². The summed E-state index contributed by atoms with van der Waals surface area (Å²) in [5, 5.41) is 4.26. The molecule has 98 valence electrons. The first-order valence-corrected chi connectivity index (χ1v) is 7.14. The second-order valence-corrected chi connectivity index (χ2v) is 6.21. The molecule has 0 radical (unpaired) electrons. The largest absolute Gasteiger partial charge is 0.365 e. The molecule has 2 unspecified atom stereocenters. The molecular formula is C14H20ClN3. The number of hydrogen-bond acceptors (Lipinski definition) is 3. The molecule has 1 saturated carbocycles. The Morgan fingerprint density at radius 1 is 1.39 bits per heavy atom. The summed E-state index contributed by atoms with van der Waals surface area (Å²) in [4.78, 5) is 6.91. The van der Waals surface area contributed by atoms with E-state index in [2.05, 4.69) is 29.0 Å². The van der Waals surface area contributed by atoms with Gasteiger partial charge in [-0.1, -0.05) is 11.6 Å². The molecule has 2 atom stereocenters. The number of halogens is 1. The zero-order valence-electron chi connectivity index (χ0n) is 10.9. The van der Waals surface area contributed by atoms with Crippen LogP contribution in [-0.4, -0.2) is 35.1 Å². The van der Waals surface area contributed by atoms with Gasteiger partial charge in [0.25, 0.3) is 0 Å². The lowest BCUT2D eigenvalue weighted by Crippen LogP contribution is -2.62. The fourth-order valence-electron chi connectivity index (χ4n) is 3.23. The first-order chi connectivity index (χ1) is 8.65. The number of nitrogens with zero attached hydrogens (tertiary/aromatic N) is 2. The van der Waals surface area contributed by atoms with E-state index >= 15 is 0 Å². The Hall–Kier alpha value is -0.800. The molecule has 1 aromatic heterocycles. The highest BCUT2D eigenvalue weighted by atomic mass is 35.5. The summed E-state index contributed by atoms with van der Waals surface area (Å²) in [6.07, 6.45) is 3.15. The molecule has 3 nitrogen and oxygen atoms in total. The first kappa shape index (κ1) is 12.2. The van der Waals surface area contributed by atoms with Crippen LogP contribution in [-0.2, 0) is 0 Å². The maximum absolute atomic E-state index is 6.15. The van der Waals surface area contributed by atoms with Gasteiger partial charge < -0.3 is 10.2 Å². The predicted octanol–water partition coefficient (Wildman–Crippen LogP) is 2.88. The standard InChI is InChI=1S/C14H20ClN3/c1-9(2)18-7-10-6-11(8-18)13(10)17-14-12(15)4-3-5-16-14/h3-5,9-11,13H,6-8H2,1-2H3,(H,16,17). The molecule has 0 spiro atoms. The molecule has 18 heavy (non-hydrogen) atoms. The third-order valence-electron chi connectivity index (χ3n) is 4.35. The van der Waals surface area contributed by atoms with Gasteiger partial charge >= 0.3 is 0 Å². The summed E-state index contributed by atoms with van der Waals surface area (Å²) in [5.74, 6) is 2.35. The van der Waals surface area contributed by atoms with Crippen molar-refractivity contribution in [2.45, 2.75) is 32.4 Å². The van der Waals surface area contributed by atoms with Gasteiger partial charge in [0, 0.05) is 31.4 Å². The molecule has 3 fully saturated rings. The number of nitrogens with one attached hydrogen (secondary N) is 1. The lowest BCUT2D eigenvalue weighted by atomic mass is 9.66. The molecule has 0 amide bonds. The predicted molar refractivity (Wildman–Crippen MR) is 75.0 cm³/mol. The Morgan fingerprint density at radius 2 is 2.11 bits per heavy atom. The Morgan fingerprint density at radius 3 is 2.72 bits per heavy atom. The van der Waals surface area contributed by atoms with E-state index in [1.165, 1.54) is 19.5 Å². The third kappa shape index (κ3) is 2.10. The SMILES string of the molecule is CC(C)N1CC2CC(C1)C2Nc1ncccc1Cl. The molecule has 2 bridgehead atoms. The van der Waals surface area contributed by atoms with Gasteiger partial charge in [0.2, 0.25) is 0 Å². The smallest absolute Gasteiger partial charge is 0.144 e. The van der Waals surface area contributed by atoms with Crippen molar-refractivity contribution in [1.82, 2.24) is 9.88 Å². The first-order valence-electron chi connectivity index (χ1n) is 6.76. The van der Waals surface area contributed by atoms with Gasteiger partial charge in [-0.25, -0.2) is 4.98 Å². The molecule has 2 aliphatic heterocycles. The number of pyridine rings is 1. The van der Waals surface area contributed by atoms with Crippen molar-refractivity contribution < 1.29 is 0 Å². The van der Waals surface area contributed by atoms with Crippen molar-refractivity contribution >= 4 is 17.4 Å². The number of aromatic nitrogens is 1. The highest BCUT2D eigenvalue weighted by Crippen LogP contribution is 2.42. The minimum atomic E-state index is 0.562. The molecule has 2 saturated heterocycles. The monoisotopic (exact) mass is 265 g/mol. The van der Waals surface area contributed by atoms with E-state index in [-0.39, 0.29) is 0 Å². The molecule has 3 heterocycles. The number of fused-ring (bicyclic) bond motifs is 2. The summed E-state index contributed by atoms with van der Waals surface area (Å²) in [6.45, 7) is 6.97. The van der Waals surface area contributed by atoms with Crippen molar-refractivity contribution in [3.8, 4) is 0 Å². The van der Waals surface area contributed by atoms with Crippen molar-refractivity contribution in [1.29, 1.82) is 0 Å². The summed E-state index contributed by atoms with van der Waals surface area (Å²) in [5.41, 5.74) is 0. The van der Waals surface area contributed by atoms with Gasteiger partial charge in [-0.05, 0) is 44.2 Å². The van der Waals surface area contributed by atoms with Crippen LogP contribution in [0, 0.1) is 11.8 Å². The lowest BCUT2D eigenvalue weighted by molar-refractivity contribution is -0.00430. The van der Waals surface area contributed by atoms with E-state index in [1.54, 1.807) is 6.20 Å². The number of hydrogen-bond donors (Lipinski definition) is 1.